The predicted molar refractivity (Wildman–Crippen MR) is 132 cm³/mol. The van der Waals surface area contributed by atoms with Crippen LogP contribution in [0.3, 0.4) is 0 Å². The minimum absolute atomic E-state index is 0.131. The van der Waals surface area contributed by atoms with Gasteiger partial charge in [0.2, 0.25) is 0 Å². The van der Waals surface area contributed by atoms with Crippen LogP contribution in [0, 0.1) is 0 Å². The number of nitrogens with zero attached hydrogens (tertiary/aromatic N) is 4. The third kappa shape index (κ3) is 6.49. The fraction of sp³-hybridized carbons (Fsp3) is 0.522. The van der Waals surface area contributed by atoms with E-state index in [9.17, 15) is 23.1 Å². The summed E-state index contributed by atoms with van der Waals surface area (Å²) in [5.41, 5.74) is 1.85. The monoisotopic (exact) mass is 603 g/mol. The van der Waals surface area contributed by atoms with Crippen molar-refractivity contribution < 1.29 is 27.8 Å². The fourth-order valence-corrected chi connectivity index (χ4v) is 8.37. The number of amides is 1. The number of methoxy groups -OCH3 is 1. The number of carbonyl (C=O) groups is 1. The molecule has 1 aromatic carbocycles. The number of hydrogen-bond donors (Lipinski definition) is 2. The summed E-state index contributed by atoms with van der Waals surface area (Å²) in [5, 5.41) is 12.5. The Bertz CT molecular complexity index is 1060. The molecule has 0 bridgehead atoms. The van der Waals surface area contributed by atoms with Crippen LogP contribution in [0.2, 0.25) is 14.8 Å². The molecule has 12 heteroatoms. The normalized spacial score (nSPS) is 17.0. The zero-order valence-electron chi connectivity index (χ0n) is 20.6. The number of benzene rings is 1. The summed E-state index contributed by atoms with van der Waals surface area (Å²) in [4.78, 5) is 28.9. The zero-order valence-corrected chi connectivity index (χ0v) is 23.5. The SMILES string of the molecule is CCc1cc(N2CCN(C(=O)O)CC2COC)ccc1Nc1ncc(C(F)(F)F)[c]([Sn]([CH3])([CH3])[CH3])n1. The van der Waals surface area contributed by atoms with Gasteiger partial charge in [-0.3, -0.25) is 0 Å². The van der Waals surface area contributed by atoms with Crippen LogP contribution in [-0.2, 0) is 17.3 Å². The average Bonchev–Trinajstić information content (AvgIpc) is 2.78. The Kier molecular flexibility index (Phi) is 8.40. The maximum absolute atomic E-state index is 13.5. The number of alkyl halides is 3. The fourth-order valence-electron chi connectivity index (χ4n) is 4.22. The minimum atomic E-state index is -4.49. The molecular weight excluding hydrogens is 570 g/mol. The number of piperazine rings is 1. The molecule has 3 rings (SSSR count). The summed E-state index contributed by atoms with van der Waals surface area (Å²) in [7, 11) is 1.59. The molecule has 2 N–H and O–H groups in total. The molecule has 8 nitrogen and oxygen atoms in total. The number of anilines is 3. The third-order valence-corrected chi connectivity index (χ3v) is 11.1. The summed E-state index contributed by atoms with van der Waals surface area (Å²) in [5.74, 6) is 0.148. The molecule has 0 aliphatic carbocycles. The van der Waals surface area contributed by atoms with Crippen LogP contribution in [0.1, 0.15) is 18.1 Å². The molecule has 2 aromatic rings. The van der Waals surface area contributed by atoms with Crippen molar-refractivity contribution in [2.24, 2.45) is 0 Å². The molecule has 0 saturated carbocycles. The number of aryl methyl sites for hydroxylation is 1. The molecule has 2 heterocycles. The van der Waals surface area contributed by atoms with Crippen LogP contribution >= 0.6 is 0 Å². The van der Waals surface area contributed by atoms with Gasteiger partial charge < -0.3 is 5.11 Å². The van der Waals surface area contributed by atoms with Crippen molar-refractivity contribution in [3.63, 3.8) is 0 Å². The number of rotatable bonds is 7. The molecule has 1 aliphatic heterocycles. The molecule has 1 amide bonds. The summed E-state index contributed by atoms with van der Waals surface area (Å²) < 4.78 is 46.0. The molecule has 1 saturated heterocycles. The van der Waals surface area contributed by atoms with Crippen molar-refractivity contribution in [3.8, 4) is 0 Å². The van der Waals surface area contributed by atoms with E-state index in [0.717, 1.165) is 23.1 Å². The Balaban J connectivity index is 1.90. The van der Waals surface area contributed by atoms with Crippen molar-refractivity contribution in [1.82, 2.24) is 14.9 Å². The number of nitrogens with one attached hydrogen (secondary N) is 1. The zero-order chi connectivity index (χ0) is 26.0. The Labute approximate surface area is 207 Å². The van der Waals surface area contributed by atoms with E-state index < -0.39 is 36.2 Å². The Morgan fingerprint density at radius 3 is 2.57 bits per heavy atom. The first-order chi connectivity index (χ1) is 16.3. The molecule has 1 atom stereocenters. The van der Waals surface area contributed by atoms with E-state index >= 15 is 0 Å². The van der Waals surface area contributed by atoms with Crippen molar-refractivity contribution >= 4 is 45.5 Å². The molecule has 1 unspecified atom stereocenters. The molecule has 35 heavy (non-hydrogen) atoms. The van der Waals surface area contributed by atoms with Crippen molar-refractivity contribution in [1.29, 1.82) is 0 Å². The number of ether oxygens (including phenoxy) is 1. The van der Waals surface area contributed by atoms with Crippen LogP contribution in [0.5, 0.6) is 0 Å². The average molecular weight is 602 g/mol. The van der Waals surface area contributed by atoms with E-state index in [4.69, 9.17) is 4.74 Å². The molecule has 1 aliphatic rings. The number of aromatic nitrogens is 2. The molecule has 1 aromatic heterocycles. The maximum atomic E-state index is 13.5. The first kappa shape index (κ1) is 27.3. The van der Waals surface area contributed by atoms with Gasteiger partial charge in [0.05, 0.1) is 0 Å². The molecule has 1 fully saturated rings. The Morgan fingerprint density at radius 1 is 1.29 bits per heavy atom. The van der Waals surface area contributed by atoms with E-state index in [1.54, 1.807) is 7.11 Å². The van der Waals surface area contributed by atoms with Crippen molar-refractivity contribution in [3.05, 3.63) is 35.5 Å². The van der Waals surface area contributed by atoms with Crippen LogP contribution < -0.4 is 13.9 Å². The van der Waals surface area contributed by atoms with E-state index in [1.807, 2.05) is 39.9 Å². The van der Waals surface area contributed by atoms with E-state index in [0.29, 0.717) is 32.7 Å². The summed E-state index contributed by atoms with van der Waals surface area (Å²) in [6, 6.07) is 5.65. The van der Waals surface area contributed by atoms with E-state index in [1.165, 1.54) is 4.90 Å². The van der Waals surface area contributed by atoms with E-state index in [2.05, 4.69) is 20.2 Å². The number of carboxylic acid groups (broad SMARTS) is 1. The summed E-state index contributed by atoms with van der Waals surface area (Å²) in [6.45, 7) is 3.62. The standard InChI is InChI=1S/C20H23F3N5O3.3CH3.Sn/c1-3-13-8-15(28-7-6-27(19(29)30)11-16(28)12-31-2)4-5-17(13)26-18-24-9-14(10-25-18)20(21,22)23;;;;/h4-5,8-9,16H,3,6-7,11-12H2,1-2H3,(H,29,30)(H,24,25,26);3*1H3;. The van der Waals surface area contributed by atoms with Gasteiger partial charge in [0.1, 0.15) is 0 Å². The number of halogens is 3. The van der Waals surface area contributed by atoms with Gasteiger partial charge >= 0.3 is 191 Å². The van der Waals surface area contributed by atoms with Crippen LogP contribution in [0.25, 0.3) is 0 Å². The van der Waals surface area contributed by atoms with Crippen LogP contribution in [-0.4, -0.2) is 83.8 Å². The van der Waals surface area contributed by atoms with Crippen molar-refractivity contribution in [2.45, 2.75) is 40.4 Å². The van der Waals surface area contributed by atoms with Gasteiger partial charge in [-0.25, -0.2) is 4.79 Å². The second kappa shape index (κ2) is 10.8. The first-order valence-electron chi connectivity index (χ1n) is 11.4. The van der Waals surface area contributed by atoms with Gasteiger partial charge in [0.25, 0.3) is 0 Å². The quantitative estimate of drug-likeness (QED) is 0.461. The van der Waals surface area contributed by atoms with Crippen LogP contribution in [0.15, 0.2) is 24.4 Å². The van der Waals surface area contributed by atoms with Gasteiger partial charge in [-0.15, -0.1) is 0 Å². The van der Waals surface area contributed by atoms with Gasteiger partial charge in [-0.1, -0.05) is 0 Å². The second-order valence-electron chi connectivity index (χ2n) is 9.55. The number of hydrogen-bond acceptors (Lipinski definition) is 6. The molecule has 192 valence electrons. The third-order valence-electron chi connectivity index (χ3n) is 5.96. The molecule has 0 radical (unpaired) electrons. The second-order valence-corrected chi connectivity index (χ2v) is 23.7. The summed E-state index contributed by atoms with van der Waals surface area (Å²) in [6.07, 6.45) is -3.89. The van der Waals surface area contributed by atoms with Crippen molar-refractivity contribution in [2.75, 3.05) is 43.6 Å². The first-order valence-corrected chi connectivity index (χ1v) is 21.4. The van der Waals surface area contributed by atoms with Gasteiger partial charge in [-0.2, -0.15) is 0 Å². The molecular formula is C23H32F3N5O3Sn. The van der Waals surface area contributed by atoms with Gasteiger partial charge in [0.15, 0.2) is 0 Å². The van der Waals surface area contributed by atoms with Crippen LogP contribution in [0.4, 0.5) is 35.3 Å². The van der Waals surface area contributed by atoms with Gasteiger partial charge in [0, 0.05) is 7.11 Å². The Morgan fingerprint density at radius 2 is 2.00 bits per heavy atom. The Hall–Kier alpha value is -2.28. The summed E-state index contributed by atoms with van der Waals surface area (Å²) >= 11 is -3.20. The van der Waals surface area contributed by atoms with E-state index in [-0.39, 0.29) is 15.7 Å². The topological polar surface area (TPSA) is 90.8 Å². The predicted octanol–water partition coefficient (Wildman–Crippen LogP) is 4.16. The van der Waals surface area contributed by atoms with Gasteiger partial charge in [-0.05, 0) is 0 Å². The molecule has 0 spiro atoms.